The van der Waals surface area contributed by atoms with E-state index >= 15 is 0 Å². The Morgan fingerprint density at radius 1 is 1.22 bits per heavy atom. The molecule has 0 atom stereocenters. The van der Waals surface area contributed by atoms with E-state index < -0.39 is 0 Å². The minimum Gasteiger partial charge on any atom is -0.428 e. The first-order valence-electron chi connectivity index (χ1n) is 5.93. The second-order valence-corrected chi connectivity index (χ2v) is 4.34. The normalized spacial score (nSPS) is 11.1. The Labute approximate surface area is 105 Å². The Bertz CT molecular complexity index is 709. The maximum atomic E-state index is 5.56. The van der Waals surface area contributed by atoms with E-state index in [-0.39, 0.29) is 0 Å². The molecule has 18 heavy (non-hydrogen) atoms. The molecule has 4 nitrogen and oxygen atoms in total. The Hall–Kier alpha value is -2.23. The van der Waals surface area contributed by atoms with Gasteiger partial charge in [-0.2, -0.15) is 4.98 Å². The fourth-order valence-electron chi connectivity index (χ4n) is 2.32. The second-order valence-electron chi connectivity index (χ2n) is 4.34. The van der Waals surface area contributed by atoms with Crippen LogP contribution in [0.5, 0.6) is 0 Å². The molecule has 92 valence electrons. The van der Waals surface area contributed by atoms with Gasteiger partial charge in [-0.25, -0.2) is 0 Å². The number of aromatic amines is 1. The van der Waals surface area contributed by atoms with Crippen molar-refractivity contribution < 1.29 is 4.42 Å². The molecular formula is C14H15N3O. The van der Waals surface area contributed by atoms with Crippen LogP contribution in [0.4, 0.5) is 6.01 Å². The number of rotatable bonds is 2. The summed E-state index contributed by atoms with van der Waals surface area (Å²) in [7, 11) is 1.80. The van der Waals surface area contributed by atoms with Crippen molar-refractivity contribution in [2.45, 2.75) is 13.8 Å². The van der Waals surface area contributed by atoms with Crippen molar-refractivity contribution in [3.05, 3.63) is 35.7 Å². The molecule has 3 aromatic rings. The number of nitrogens with one attached hydrogen (secondary N) is 2. The van der Waals surface area contributed by atoms with Crippen LogP contribution in [0.25, 0.3) is 22.2 Å². The van der Waals surface area contributed by atoms with Crippen molar-refractivity contribution >= 4 is 16.9 Å². The SMILES string of the molecule is CNc1nc(-c2c(C)[nH]c3ccccc23)c(C)o1. The maximum absolute atomic E-state index is 5.56. The number of hydrogen-bond acceptors (Lipinski definition) is 3. The quantitative estimate of drug-likeness (QED) is 0.722. The van der Waals surface area contributed by atoms with Crippen LogP contribution in [-0.2, 0) is 0 Å². The summed E-state index contributed by atoms with van der Waals surface area (Å²) in [6.07, 6.45) is 0. The van der Waals surface area contributed by atoms with Gasteiger partial charge in [-0.15, -0.1) is 0 Å². The number of aromatic nitrogens is 2. The van der Waals surface area contributed by atoms with Gasteiger partial charge in [-0.05, 0) is 19.9 Å². The third kappa shape index (κ3) is 1.49. The number of para-hydroxylation sites is 1. The predicted molar refractivity (Wildman–Crippen MR) is 72.8 cm³/mol. The molecule has 2 heterocycles. The minimum atomic E-state index is 0.548. The summed E-state index contributed by atoms with van der Waals surface area (Å²) < 4.78 is 5.56. The van der Waals surface area contributed by atoms with Crippen LogP contribution in [0.15, 0.2) is 28.7 Å². The molecule has 0 bridgehead atoms. The van der Waals surface area contributed by atoms with Crippen molar-refractivity contribution in [3.63, 3.8) is 0 Å². The van der Waals surface area contributed by atoms with Crippen LogP contribution >= 0.6 is 0 Å². The fourth-order valence-corrected chi connectivity index (χ4v) is 2.32. The van der Waals surface area contributed by atoms with Gasteiger partial charge in [0.2, 0.25) is 0 Å². The summed E-state index contributed by atoms with van der Waals surface area (Å²) in [5, 5.41) is 4.10. The fraction of sp³-hybridized carbons (Fsp3) is 0.214. The number of benzene rings is 1. The van der Waals surface area contributed by atoms with Crippen LogP contribution in [0.3, 0.4) is 0 Å². The summed E-state index contributed by atoms with van der Waals surface area (Å²) in [6, 6.07) is 8.78. The van der Waals surface area contributed by atoms with Gasteiger partial charge in [0, 0.05) is 29.2 Å². The predicted octanol–water partition coefficient (Wildman–Crippen LogP) is 3.48. The molecule has 0 fully saturated rings. The third-order valence-corrected chi connectivity index (χ3v) is 3.14. The van der Waals surface area contributed by atoms with Crippen molar-refractivity contribution in [2.75, 3.05) is 12.4 Å². The monoisotopic (exact) mass is 241 g/mol. The minimum absolute atomic E-state index is 0.548. The highest BCUT2D eigenvalue weighted by molar-refractivity contribution is 5.97. The van der Waals surface area contributed by atoms with Crippen molar-refractivity contribution in [1.82, 2.24) is 9.97 Å². The van der Waals surface area contributed by atoms with E-state index in [2.05, 4.69) is 34.3 Å². The zero-order valence-electron chi connectivity index (χ0n) is 10.7. The van der Waals surface area contributed by atoms with Gasteiger partial charge in [0.1, 0.15) is 11.5 Å². The molecular weight excluding hydrogens is 226 g/mol. The first-order valence-corrected chi connectivity index (χ1v) is 5.93. The third-order valence-electron chi connectivity index (χ3n) is 3.14. The molecule has 0 aliphatic carbocycles. The molecule has 2 aromatic heterocycles. The summed E-state index contributed by atoms with van der Waals surface area (Å²) in [6.45, 7) is 3.99. The lowest BCUT2D eigenvalue weighted by Crippen LogP contribution is -1.87. The first kappa shape index (κ1) is 10.9. The number of hydrogen-bond donors (Lipinski definition) is 2. The zero-order valence-corrected chi connectivity index (χ0v) is 10.7. The van der Waals surface area contributed by atoms with E-state index in [0.717, 1.165) is 28.2 Å². The lowest BCUT2D eigenvalue weighted by atomic mass is 10.1. The van der Waals surface area contributed by atoms with Gasteiger partial charge in [-0.3, -0.25) is 0 Å². The molecule has 2 N–H and O–H groups in total. The van der Waals surface area contributed by atoms with E-state index in [1.165, 1.54) is 5.39 Å². The Morgan fingerprint density at radius 3 is 2.72 bits per heavy atom. The zero-order chi connectivity index (χ0) is 12.7. The van der Waals surface area contributed by atoms with Gasteiger partial charge in [0.15, 0.2) is 0 Å². The molecule has 1 aromatic carbocycles. The average Bonchev–Trinajstić information content (AvgIpc) is 2.88. The van der Waals surface area contributed by atoms with Gasteiger partial charge < -0.3 is 14.7 Å². The Kier molecular flexibility index (Phi) is 2.37. The highest BCUT2D eigenvalue weighted by Crippen LogP contribution is 2.34. The van der Waals surface area contributed by atoms with E-state index in [9.17, 15) is 0 Å². The van der Waals surface area contributed by atoms with E-state index in [1.54, 1.807) is 7.05 Å². The van der Waals surface area contributed by atoms with Crippen LogP contribution in [0.1, 0.15) is 11.5 Å². The van der Waals surface area contributed by atoms with Crippen LogP contribution in [0, 0.1) is 13.8 Å². The largest absolute Gasteiger partial charge is 0.428 e. The molecule has 0 radical (unpaired) electrons. The van der Waals surface area contributed by atoms with Crippen molar-refractivity contribution in [3.8, 4) is 11.3 Å². The smallest absolute Gasteiger partial charge is 0.295 e. The van der Waals surface area contributed by atoms with Gasteiger partial charge in [-0.1, -0.05) is 18.2 Å². The highest BCUT2D eigenvalue weighted by atomic mass is 16.4. The topological polar surface area (TPSA) is 53.9 Å². The van der Waals surface area contributed by atoms with Crippen molar-refractivity contribution in [1.29, 1.82) is 0 Å². The summed E-state index contributed by atoms with van der Waals surface area (Å²) in [4.78, 5) is 7.86. The van der Waals surface area contributed by atoms with Gasteiger partial charge >= 0.3 is 0 Å². The lowest BCUT2D eigenvalue weighted by molar-refractivity contribution is 0.544. The molecule has 0 spiro atoms. The number of nitrogens with zero attached hydrogens (tertiary/aromatic N) is 1. The van der Waals surface area contributed by atoms with Crippen molar-refractivity contribution in [2.24, 2.45) is 0 Å². The number of fused-ring (bicyclic) bond motifs is 1. The van der Waals surface area contributed by atoms with E-state index in [1.807, 2.05) is 19.1 Å². The molecule has 0 unspecified atom stereocenters. The second kappa shape index (κ2) is 3.91. The van der Waals surface area contributed by atoms with Gasteiger partial charge in [0.25, 0.3) is 6.01 Å². The summed E-state index contributed by atoms with van der Waals surface area (Å²) in [5.41, 5.74) is 4.25. The summed E-state index contributed by atoms with van der Waals surface area (Å²) in [5.74, 6) is 0.826. The first-order chi connectivity index (χ1) is 8.70. The standard InChI is InChI=1S/C14H15N3O/c1-8-12(10-6-4-5-7-11(10)16-8)13-9(2)18-14(15-3)17-13/h4-7,16H,1-3H3,(H,15,17). The molecule has 0 aliphatic heterocycles. The number of anilines is 1. The molecule has 4 heteroatoms. The Balaban J connectivity index is 2.30. The van der Waals surface area contributed by atoms with Crippen LogP contribution in [0.2, 0.25) is 0 Å². The molecule has 0 saturated carbocycles. The average molecular weight is 241 g/mol. The summed E-state index contributed by atoms with van der Waals surface area (Å²) >= 11 is 0. The molecule has 0 aliphatic rings. The highest BCUT2D eigenvalue weighted by Gasteiger charge is 2.17. The number of aryl methyl sites for hydroxylation is 2. The van der Waals surface area contributed by atoms with Crippen LogP contribution in [-0.4, -0.2) is 17.0 Å². The molecule has 3 rings (SSSR count). The van der Waals surface area contributed by atoms with E-state index in [0.29, 0.717) is 6.01 Å². The van der Waals surface area contributed by atoms with Crippen LogP contribution < -0.4 is 5.32 Å². The van der Waals surface area contributed by atoms with Gasteiger partial charge in [0.05, 0.1) is 0 Å². The maximum Gasteiger partial charge on any atom is 0.295 e. The number of oxazole rings is 1. The van der Waals surface area contributed by atoms with E-state index in [4.69, 9.17) is 4.42 Å². The molecule has 0 amide bonds. The lowest BCUT2D eigenvalue weighted by Gasteiger charge is -1.97. The molecule has 0 saturated heterocycles. The number of H-pyrrole nitrogens is 1. The Morgan fingerprint density at radius 2 is 2.00 bits per heavy atom.